The average Bonchev–Trinajstić information content (AvgIpc) is 2.43. The molecule has 0 fully saturated rings. The third kappa shape index (κ3) is 5.34. The van der Waals surface area contributed by atoms with Gasteiger partial charge >= 0.3 is 0 Å². The zero-order valence-corrected chi connectivity index (χ0v) is 13.4. The highest BCUT2D eigenvalue weighted by atomic mass is 19.1. The third-order valence-electron chi connectivity index (χ3n) is 3.18. The number of hydrogen-bond donors (Lipinski definition) is 2. The molecule has 4 nitrogen and oxygen atoms in total. The number of hydrogen-bond acceptors (Lipinski definition) is 3. The van der Waals surface area contributed by atoms with Crippen molar-refractivity contribution in [1.29, 1.82) is 0 Å². The number of anilines is 1. The maximum atomic E-state index is 14.2. The van der Waals surface area contributed by atoms with Crippen LogP contribution in [0, 0.1) is 5.82 Å². The van der Waals surface area contributed by atoms with Crippen molar-refractivity contribution >= 4 is 11.6 Å². The molecule has 1 aromatic carbocycles. The highest BCUT2D eigenvalue weighted by Gasteiger charge is 2.17. The van der Waals surface area contributed by atoms with Gasteiger partial charge in [0.25, 0.3) is 0 Å². The first-order chi connectivity index (χ1) is 9.99. The number of halogens is 1. The fourth-order valence-corrected chi connectivity index (χ4v) is 2.15. The van der Waals surface area contributed by atoms with Crippen LogP contribution >= 0.6 is 0 Å². The molecule has 0 aliphatic heterocycles. The van der Waals surface area contributed by atoms with Crippen LogP contribution < -0.4 is 15.5 Å². The van der Waals surface area contributed by atoms with Crippen molar-refractivity contribution in [3.8, 4) is 0 Å². The Morgan fingerprint density at radius 1 is 1.33 bits per heavy atom. The first-order valence-corrected chi connectivity index (χ1v) is 7.51. The number of para-hydroxylation sites is 1. The van der Waals surface area contributed by atoms with Gasteiger partial charge < -0.3 is 15.5 Å². The third-order valence-corrected chi connectivity index (χ3v) is 3.18. The molecule has 5 heteroatoms. The van der Waals surface area contributed by atoms with Gasteiger partial charge in [0.2, 0.25) is 5.91 Å². The molecule has 1 rings (SSSR count). The number of nitrogens with one attached hydrogen (secondary N) is 2. The Morgan fingerprint density at radius 3 is 2.62 bits per heavy atom. The monoisotopic (exact) mass is 295 g/mol. The lowest BCUT2D eigenvalue weighted by Gasteiger charge is -2.26. The van der Waals surface area contributed by atoms with Crippen molar-refractivity contribution in [2.45, 2.75) is 40.3 Å². The molecule has 1 aromatic rings. The Kier molecular flexibility index (Phi) is 7.15. The maximum Gasteiger partial charge on any atom is 0.239 e. The van der Waals surface area contributed by atoms with Crippen molar-refractivity contribution in [2.24, 2.45) is 0 Å². The minimum atomic E-state index is -0.288. The Bertz CT molecular complexity index is 463. The van der Waals surface area contributed by atoms with Crippen molar-refractivity contribution in [3.05, 3.63) is 29.6 Å². The largest absolute Gasteiger partial charge is 0.360 e. The highest BCUT2D eigenvalue weighted by Crippen LogP contribution is 2.24. The van der Waals surface area contributed by atoms with E-state index in [1.165, 1.54) is 6.07 Å². The first kappa shape index (κ1) is 17.4. The van der Waals surface area contributed by atoms with Crippen molar-refractivity contribution in [1.82, 2.24) is 10.6 Å². The van der Waals surface area contributed by atoms with E-state index in [0.717, 1.165) is 5.56 Å². The van der Waals surface area contributed by atoms with Crippen LogP contribution in [0.5, 0.6) is 0 Å². The van der Waals surface area contributed by atoms with Gasteiger partial charge in [-0.25, -0.2) is 4.39 Å². The molecule has 0 aliphatic carbocycles. The summed E-state index contributed by atoms with van der Waals surface area (Å²) in [5.41, 5.74) is 1.38. The van der Waals surface area contributed by atoms with Gasteiger partial charge in [-0.3, -0.25) is 4.79 Å². The fourth-order valence-electron chi connectivity index (χ4n) is 2.15. The molecule has 0 bridgehead atoms. The van der Waals surface area contributed by atoms with E-state index >= 15 is 0 Å². The molecular weight excluding hydrogens is 269 g/mol. The maximum absolute atomic E-state index is 14.2. The topological polar surface area (TPSA) is 44.4 Å². The van der Waals surface area contributed by atoms with Gasteiger partial charge in [0, 0.05) is 25.7 Å². The number of nitrogens with zero attached hydrogens (tertiary/aromatic N) is 1. The predicted molar refractivity (Wildman–Crippen MR) is 84.9 cm³/mol. The van der Waals surface area contributed by atoms with E-state index in [4.69, 9.17) is 0 Å². The summed E-state index contributed by atoms with van der Waals surface area (Å²) in [7, 11) is 0. The average molecular weight is 295 g/mol. The standard InChI is InChI=1S/C16H26FN3O/c1-5-18-15(21)11-20(6-2)16-13(10-19-12(3)4)8-7-9-14(16)17/h7-9,12,19H,5-6,10-11H2,1-4H3,(H,18,21). The van der Waals surface area contributed by atoms with E-state index < -0.39 is 0 Å². The number of rotatable bonds is 8. The van der Waals surface area contributed by atoms with Gasteiger partial charge in [-0.2, -0.15) is 0 Å². The molecule has 1 amide bonds. The summed E-state index contributed by atoms with van der Waals surface area (Å²) >= 11 is 0. The molecule has 0 unspecified atom stereocenters. The van der Waals surface area contributed by atoms with Crippen LogP contribution in [-0.2, 0) is 11.3 Å². The molecule has 0 aromatic heterocycles. The normalized spacial score (nSPS) is 10.8. The number of carbonyl (C=O) groups excluding carboxylic acids is 1. The minimum Gasteiger partial charge on any atom is -0.360 e. The lowest BCUT2D eigenvalue weighted by molar-refractivity contribution is -0.119. The summed E-state index contributed by atoms with van der Waals surface area (Å²) in [5, 5.41) is 6.04. The van der Waals surface area contributed by atoms with Crippen molar-refractivity contribution in [3.63, 3.8) is 0 Å². The molecule has 0 radical (unpaired) electrons. The molecule has 21 heavy (non-hydrogen) atoms. The lowest BCUT2D eigenvalue weighted by Crippen LogP contribution is -2.38. The van der Waals surface area contributed by atoms with E-state index in [0.29, 0.717) is 31.4 Å². The van der Waals surface area contributed by atoms with E-state index in [-0.39, 0.29) is 18.3 Å². The van der Waals surface area contributed by atoms with Crippen molar-refractivity contribution < 1.29 is 9.18 Å². The van der Waals surface area contributed by atoms with Crippen LogP contribution in [0.4, 0.5) is 10.1 Å². The molecule has 118 valence electrons. The summed E-state index contributed by atoms with van der Waals surface area (Å²) in [6.45, 7) is 9.79. The summed E-state index contributed by atoms with van der Waals surface area (Å²) in [6.07, 6.45) is 0. The van der Waals surface area contributed by atoms with E-state index in [1.807, 2.05) is 33.8 Å². The Hall–Kier alpha value is -1.62. The van der Waals surface area contributed by atoms with Crippen LogP contribution in [-0.4, -0.2) is 31.6 Å². The number of likely N-dealkylation sites (N-methyl/N-ethyl adjacent to an activating group) is 2. The van der Waals surface area contributed by atoms with Gasteiger partial charge in [0.1, 0.15) is 5.82 Å². The van der Waals surface area contributed by atoms with Crippen LogP contribution in [0.25, 0.3) is 0 Å². The second-order valence-corrected chi connectivity index (χ2v) is 5.25. The summed E-state index contributed by atoms with van der Waals surface area (Å²) in [5.74, 6) is -0.380. The molecule has 0 saturated heterocycles. The van der Waals surface area contributed by atoms with Gasteiger partial charge in [-0.1, -0.05) is 26.0 Å². The highest BCUT2D eigenvalue weighted by molar-refractivity contribution is 5.81. The fraction of sp³-hybridized carbons (Fsp3) is 0.562. The van der Waals surface area contributed by atoms with Crippen LogP contribution in [0.3, 0.4) is 0 Å². The molecule has 0 atom stereocenters. The summed E-state index contributed by atoms with van der Waals surface area (Å²) in [4.78, 5) is 13.6. The second kappa shape index (κ2) is 8.62. The van der Waals surface area contributed by atoms with Crippen LogP contribution in [0.15, 0.2) is 18.2 Å². The molecule has 0 aliphatic rings. The van der Waals surface area contributed by atoms with Gasteiger partial charge in [0.05, 0.1) is 12.2 Å². The Morgan fingerprint density at radius 2 is 2.05 bits per heavy atom. The lowest BCUT2D eigenvalue weighted by atomic mass is 10.1. The summed E-state index contributed by atoms with van der Waals surface area (Å²) < 4.78 is 14.2. The smallest absolute Gasteiger partial charge is 0.239 e. The Labute approximate surface area is 126 Å². The molecule has 0 heterocycles. The molecule has 2 N–H and O–H groups in total. The van der Waals surface area contributed by atoms with Gasteiger partial charge in [0.15, 0.2) is 0 Å². The molecular formula is C16H26FN3O. The Balaban J connectivity index is 2.98. The molecule has 0 spiro atoms. The van der Waals surface area contributed by atoms with Crippen LogP contribution in [0.1, 0.15) is 33.3 Å². The first-order valence-electron chi connectivity index (χ1n) is 7.51. The predicted octanol–water partition coefficient (Wildman–Crippen LogP) is 2.29. The molecule has 0 saturated carbocycles. The second-order valence-electron chi connectivity index (χ2n) is 5.25. The number of amides is 1. The van der Waals surface area contributed by atoms with E-state index in [2.05, 4.69) is 10.6 Å². The van der Waals surface area contributed by atoms with Gasteiger partial charge in [-0.05, 0) is 25.5 Å². The quantitative estimate of drug-likeness (QED) is 0.773. The van der Waals surface area contributed by atoms with Gasteiger partial charge in [-0.15, -0.1) is 0 Å². The summed E-state index contributed by atoms with van der Waals surface area (Å²) in [6, 6.07) is 5.36. The number of carbonyl (C=O) groups is 1. The zero-order chi connectivity index (χ0) is 15.8. The van der Waals surface area contributed by atoms with Crippen molar-refractivity contribution in [2.75, 3.05) is 24.5 Å². The number of benzene rings is 1. The minimum absolute atomic E-state index is 0.0922. The SMILES string of the molecule is CCNC(=O)CN(CC)c1c(F)cccc1CNC(C)C. The van der Waals surface area contributed by atoms with E-state index in [1.54, 1.807) is 11.0 Å². The zero-order valence-electron chi connectivity index (χ0n) is 13.4. The van der Waals surface area contributed by atoms with Crippen LogP contribution in [0.2, 0.25) is 0 Å². The van der Waals surface area contributed by atoms with E-state index in [9.17, 15) is 9.18 Å².